The van der Waals surface area contributed by atoms with Gasteiger partial charge in [-0.05, 0) is 55.9 Å². The van der Waals surface area contributed by atoms with Gasteiger partial charge < -0.3 is 37.8 Å². The van der Waals surface area contributed by atoms with Crippen molar-refractivity contribution < 1.29 is 24.4 Å². The van der Waals surface area contributed by atoms with Crippen LogP contribution in [0.1, 0.15) is 30.9 Å². The molecule has 222 valence electrons. The number of hydrogen-bond donors (Lipinski definition) is 6. The van der Waals surface area contributed by atoms with Gasteiger partial charge in [0, 0.05) is 31.8 Å². The minimum Gasteiger partial charge on any atom is -0.508 e. The van der Waals surface area contributed by atoms with E-state index in [1.807, 2.05) is 0 Å². The molecule has 0 saturated carbocycles. The third-order valence-corrected chi connectivity index (χ3v) is 6.27. The maximum atomic E-state index is 13.0. The van der Waals surface area contributed by atoms with Crippen LogP contribution in [0, 0.1) is 10.1 Å². The van der Waals surface area contributed by atoms with Crippen LogP contribution in [0.25, 0.3) is 0 Å². The van der Waals surface area contributed by atoms with Crippen molar-refractivity contribution in [3.05, 3.63) is 69.8 Å². The van der Waals surface area contributed by atoms with Crippen molar-refractivity contribution in [3.63, 3.8) is 0 Å². The molecule has 2 aromatic carbocycles. The Balaban J connectivity index is 1.95. The summed E-state index contributed by atoms with van der Waals surface area (Å²) in [7, 11) is 0. The van der Waals surface area contributed by atoms with Crippen LogP contribution < -0.4 is 27.8 Å². The van der Waals surface area contributed by atoms with Crippen molar-refractivity contribution in [1.82, 2.24) is 15.5 Å². The predicted molar refractivity (Wildman–Crippen MR) is 154 cm³/mol. The molecular formula is C27H38N8O6. The summed E-state index contributed by atoms with van der Waals surface area (Å²) in [6.07, 6.45) is 1.25. The number of non-ortho nitro benzene ring substituents is 1. The van der Waals surface area contributed by atoms with Crippen LogP contribution in [0.3, 0.4) is 0 Å². The molecule has 0 saturated heterocycles. The van der Waals surface area contributed by atoms with Gasteiger partial charge in [0.25, 0.3) is 5.69 Å². The predicted octanol–water partition coefficient (Wildman–Crippen LogP) is -0.0840. The number of nitro benzene ring substituents is 1. The van der Waals surface area contributed by atoms with E-state index in [1.54, 1.807) is 36.1 Å². The van der Waals surface area contributed by atoms with Gasteiger partial charge in [-0.25, -0.2) is 0 Å². The van der Waals surface area contributed by atoms with Crippen molar-refractivity contribution in [2.24, 2.45) is 22.2 Å². The third kappa shape index (κ3) is 11.5. The summed E-state index contributed by atoms with van der Waals surface area (Å²) >= 11 is 0. The van der Waals surface area contributed by atoms with Crippen molar-refractivity contribution in [2.45, 2.75) is 44.7 Å². The Hall–Kier alpha value is -4.72. The number of carbonyl (C=O) groups excluding carboxylic acids is 3. The molecule has 2 atom stereocenters. The molecule has 0 radical (unpaired) electrons. The molecule has 0 bridgehead atoms. The number of nitro groups is 1. The van der Waals surface area contributed by atoms with E-state index in [4.69, 9.17) is 17.2 Å². The molecule has 0 aromatic heterocycles. The molecular weight excluding hydrogens is 532 g/mol. The Labute approximate surface area is 238 Å². The van der Waals surface area contributed by atoms with Gasteiger partial charge in [-0.15, -0.1) is 0 Å². The zero-order valence-electron chi connectivity index (χ0n) is 23.0. The van der Waals surface area contributed by atoms with E-state index in [-0.39, 0.29) is 49.2 Å². The smallest absolute Gasteiger partial charge is 0.269 e. The second-order valence-corrected chi connectivity index (χ2v) is 9.35. The van der Waals surface area contributed by atoms with Gasteiger partial charge in [-0.3, -0.25) is 29.5 Å². The van der Waals surface area contributed by atoms with Crippen LogP contribution >= 0.6 is 0 Å². The lowest BCUT2D eigenvalue weighted by Gasteiger charge is -2.23. The van der Waals surface area contributed by atoms with E-state index in [0.29, 0.717) is 25.9 Å². The Kier molecular flexibility index (Phi) is 13.0. The molecule has 0 fully saturated rings. The summed E-state index contributed by atoms with van der Waals surface area (Å²) in [5.74, 6) is -1.43. The fraction of sp³-hybridized carbons (Fsp3) is 0.407. The molecule has 2 rings (SSSR count). The number of phenols is 1. The second-order valence-electron chi connectivity index (χ2n) is 9.35. The monoisotopic (exact) mass is 570 g/mol. The molecule has 0 aliphatic rings. The first-order chi connectivity index (χ1) is 19.5. The van der Waals surface area contributed by atoms with Crippen molar-refractivity contribution in [1.29, 1.82) is 0 Å². The van der Waals surface area contributed by atoms with Crippen LogP contribution in [0.4, 0.5) is 5.69 Å². The Morgan fingerprint density at radius 3 is 2.27 bits per heavy atom. The highest BCUT2D eigenvalue weighted by Crippen LogP contribution is 2.13. The van der Waals surface area contributed by atoms with Crippen LogP contribution in [-0.4, -0.2) is 76.9 Å². The number of benzene rings is 2. The number of nitrogens with two attached hydrogens (primary N) is 3. The van der Waals surface area contributed by atoms with Gasteiger partial charge in [0.15, 0.2) is 5.96 Å². The average molecular weight is 571 g/mol. The maximum absolute atomic E-state index is 13.0. The molecule has 14 heteroatoms. The van der Waals surface area contributed by atoms with Gasteiger partial charge in [-0.2, -0.15) is 0 Å². The molecule has 9 N–H and O–H groups in total. The standard InChI is InChI=1S/C27H38N8O6/c1-2-34(15-13-18-5-9-20(10-6-18)35(40)41)24(37)17-32-26(39)23(4-3-14-31-27(29)30)33-25(38)22(28)16-19-7-11-21(36)12-8-19/h5-12,22-23,36H,2-4,13-17,28H2,1H3,(H,32,39)(H,33,38)(H4,29,30,31)/t22-,23+/m0/s1. The summed E-state index contributed by atoms with van der Waals surface area (Å²) in [5, 5.41) is 25.5. The van der Waals surface area contributed by atoms with E-state index in [0.717, 1.165) is 11.1 Å². The largest absolute Gasteiger partial charge is 0.508 e. The number of aromatic hydroxyl groups is 1. The van der Waals surface area contributed by atoms with Gasteiger partial charge in [0.1, 0.15) is 11.8 Å². The number of nitrogens with one attached hydrogen (secondary N) is 2. The normalized spacial score (nSPS) is 12.0. The van der Waals surface area contributed by atoms with Crippen molar-refractivity contribution in [2.75, 3.05) is 26.2 Å². The molecule has 0 aliphatic heterocycles. The molecule has 2 aromatic rings. The number of likely N-dealkylation sites (N-methyl/N-ethyl adjacent to an activating group) is 1. The SMILES string of the molecule is CCN(CCc1ccc([N+](=O)[O-])cc1)C(=O)CNC(=O)[C@@H](CCCN=C(N)N)NC(=O)[C@@H](N)Cc1ccc(O)cc1. The second kappa shape index (κ2) is 16.4. The van der Waals surface area contributed by atoms with Crippen LogP contribution in [0.15, 0.2) is 53.5 Å². The molecule has 0 heterocycles. The summed E-state index contributed by atoms with van der Waals surface area (Å²) < 4.78 is 0. The molecule has 0 unspecified atom stereocenters. The van der Waals surface area contributed by atoms with Gasteiger partial charge in [0.05, 0.1) is 17.5 Å². The molecule has 41 heavy (non-hydrogen) atoms. The minimum absolute atomic E-state index is 0.0128. The summed E-state index contributed by atoms with van der Waals surface area (Å²) in [5.41, 5.74) is 18.3. The minimum atomic E-state index is -0.981. The molecule has 3 amide bonds. The lowest BCUT2D eigenvalue weighted by atomic mass is 10.0. The average Bonchev–Trinajstić information content (AvgIpc) is 2.94. The number of amides is 3. The Morgan fingerprint density at radius 1 is 1.05 bits per heavy atom. The zero-order chi connectivity index (χ0) is 30.4. The van der Waals surface area contributed by atoms with Crippen LogP contribution in [0.5, 0.6) is 5.75 Å². The van der Waals surface area contributed by atoms with Gasteiger partial charge >= 0.3 is 0 Å². The fourth-order valence-corrected chi connectivity index (χ4v) is 3.94. The van der Waals surface area contributed by atoms with Gasteiger partial charge in [-0.1, -0.05) is 24.3 Å². The van der Waals surface area contributed by atoms with E-state index < -0.39 is 28.8 Å². The quantitative estimate of drug-likeness (QED) is 0.0520. The number of carbonyl (C=O) groups is 3. The third-order valence-electron chi connectivity index (χ3n) is 6.27. The number of phenolic OH excluding ortho intramolecular Hbond substituents is 1. The number of nitrogens with zero attached hydrogens (tertiary/aromatic N) is 3. The van der Waals surface area contributed by atoms with Crippen LogP contribution in [-0.2, 0) is 27.2 Å². The highest BCUT2D eigenvalue weighted by atomic mass is 16.6. The topological polar surface area (TPSA) is 232 Å². The zero-order valence-corrected chi connectivity index (χ0v) is 23.0. The van der Waals surface area contributed by atoms with E-state index in [1.165, 1.54) is 24.3 Å². The number of aliphatic imine (C=N–C) groups is 1. The molecule has 0 aliphatic carbocycles. The summed E-state index contributed by atoms with van der Waals surface area (Å²) in [4.78, 5) is 54.4. The highest BCUT2D eigenvalue weighted by molar-refractivity contribution is 5.91. The number of hydrogen-bond acceptors (Lipinski definition) is 8. The number of rotatable bonds is 16. The first kappa shape index (κ1) is 32.5. The number of guanidine groups is 1. The Morgan fingerprint density at radius 2 is 1.68 bits per heavy atom. The van der Waals surface area contributed by atoms with Crippen LogP contribution in [0.2, 0.25) is 0 Å². The first-order valence-corrected chi connectivity index (χ1v) is 13.2. The maximum Gasteiger partial charge on any atom is 0.269 e. The van der Waals surface area contributed by atoms with Crippen molar-refractivity contribution in [3.8, 4) is 5.75 Å². The molecule has 14 nitrogen and oxygen atoms in total. The van der Waals surface area contributed by atoms with E-state index >= 15 is 0 Å². The van der Waals surface area contributed by atoms with Gasteiger partial charge in [0.2, 0.25) is 17.7 Å². The first-order valence-electron chi connectivity index (χ1n) is 13.2. The fourth-order valence-electron chi connectivity index (χ4n) is 3.94. The lowest BCUT2D eigenvalue weighted by molar-refractivity contribution is -0.384. The Bertz CT molecular complexity index is 1200. The van der Waals surface area contributed by atoms with E-state index in [9.17, 15) is 29.6 Å². The highest BCUT2D eigenvalue weighted by Gasteiger charge is 2.25. The molecule has 0 spiro atoms. The lowest BCUT2D eigenvalue weighted by Crippen LogP contribution is -2.53. The summed E-state index contributed by atoms with van der Waals surface area (Å²) in [6.45, 7) is 2.51. The van der Waals surface area contributed by atoms with Crippen molar-refractivity contribution >= 4 is 29.4 Å². The summed E-state index contributed by atoms with van der Waals surface area (Å²) in [6, 6.07) is 10.4. The van der Waals surface area contributed by atoms with E-state index in [2.05, 4.69) is 15.6 Å².